The van der Waals surface area contributed by atoms with Crippen LogP contribution in [0.15, 0.2) is 48.8 Å². The van der Waals surface area contributed by atoms with Gasteiger partial charge in [0.1, 0.15) is 11.3 Å². The van der Waals surface area contributed by atoms with Crippen LogP contribution in [0.3, 0.4) is 0 Å². The Morgan fingerprint density at radius 1 is 1.17 bits per heavy atom. The number of amides is 1. The van der Waals surface area contributed by atoms with E-state index in [-0.39, 0.29) is 17.7 Å². The summed E-state index contributed by atoms with van der Waals surface area (Å²) in [5.41, 5.74) is 2.51. The highest BCUT2D eigenvalue weighted by atomic mass is 16.3. The van der Waals surface area contributed by atoms with E-state index in [1.54, 1.807) is 24.5 Å². The summed E-state index contributed by atoms with van der Waals surface area (Å²) in [6, 6.07) is 11.3. The summed E-state index contributed by atoms with van der Waals surface area (Å²) in [5.74, 6) is 0.330. The van der Waals surface area contributed by atoms with Crippen LogP contribution in [0.2, 0.25) is 0 Å². The number of aryl methyl sites for hydroxylation is 1. The van der Waals surface area contributed by atoms with Crippen molar-refractivity contribution in [3.63, 3.8) is 0 Å². The Morgan fingerprint density at radius 3 is 2.60 bits per heavy atom. The number of hydrogen-bond donors (Lipinski definition) is 2. The van der Waals surface area contributed by atoms with Crippen LogP contribution in [0.5, 0.6) is 5.75 Å². The highest BCUT2D eigenvalue weighted by Gasteiger charge is 2.47. The Hall–Kier alpha value is -3.46. The quantitative estimate of drug-likeness (QED) is 0.585. The number of likely N-dealkylation sites (N-methyl/N-ethyl adjacent to an activating group) is 1. The van der Waals surface area contributed by atoms with Gasteiger partial charge in [0, 0.05) is 43.6 Å². The van der Waals surface area contributed by atoms with Crippen molar-refractivity contribution in [1.82, 2.24) is 30.2 Å². The van der Waals surface area contributed by atoms with Crippen LogP contribution in [-0.4, -0.2) is 75.2 Å². The maximum Gasteiger partial charge on any atom is 0.250 e. The predicted molar refractivity (Wildman–Crippen MR) is 134 cm³/mol. The number of carbonyl (C=O) groups is 1. The zero-order valence-electron chi connectivity index (χ0n) is 20.4. The van der Waals surface area contributed by atoms with E-state index in [0.29, 0.717) is 37.2 Å². The molecule has 4 heterocycles. The molecule has 0 unspecified atom stereocenters. The van der Waals surface area contributed by atoms with E-state index < -0.39 is 5.54 Å². The maximum absolute atomic E-state index is 14.1. The van der Waals surface area contributed by atoms with Crippen molar-refractivity contribution in [2.24, 2.45) is 0 Å². The lowest BCUT2D eigenvalue weighted by Gasteiger charge is -2.45. The van der Waals surface area contributed by atoms with Crippen molar-refractivity contribution in [2.75, 3.05) is 38.1 Å². The predicted octanol–water partition coefficient (Wildman–Crippen LogP) is 2.56. The number of phenolic OH excluding ortho intramolecular Hbond substituents is 1. The van der Waals surface area contributed by atoms with Crippen LogP contribution in [0.4, 0.5) is 5.69 Å². The van der Waals surface area contributed by atoms with Gasteiger partial charge in [0.2, 0.25) is 0 Å². The fourth-order valence-corrected chi connectivity index (χ4v) is 5.51. The van der Waals surface area contributed by atoms with Gasteiger partial charge in [-0.25, -0.2) is 0 Å². The number of nitrogens with zero attached hydrogens (tertiary/aromatic N) is 6. The van der Waals surface area contributed by atoms with E-state index in [0.717, 1.165) is 37.3 Å². The highest BCUT2D eigenvalue weighted by Crippen LogP contribution is 2.36. The molecule has 2 saturated heterocycles. The second kappa shape index (κ2) is 9.65. The molecule has 0 spiro atoms. The normalized spacial score (nSPS) is 18.4. The van der Waals surface area contributed by atoms with Crippen LogP contribution in [0, 0.1) is 6.92 Å². The zero-order valence-corrected chi connectivity index (χ0v) is 20.4. The summed E-state index contributed by atoms with van der Waals surface area (Å²) in [7, 11) is 1.96. The van der Waals surface area contributed by atoms with E-state index in [9.17, 15) is 9.90 Å². The van der Waals surface area contributed by atoms with Crippen LogP contribution in [0.25, 0.3) is 11.3 Å². The van der Waals surface area contributed by atoms with Gasteiger partial charge >= 0.3 is 0 Å². The van der Waals surface area contributed by atoms with E-state index in [2.05, 4.69) is 25.5 Å². The summed E-state index contributed by atoms with van der Waals surface area (Å²) in [5, 5.41) is 26.7. The van der Waals surface area contributed by atoms with Crippen molar-refractivity contribution in [2.45, 2.75) is 44.2 Å². The third-order valence-electron chi connectivity index (χ3n) is 7.59. The van der Waals surface area contributed by atoms with Gasteiger partial charge in [-0.05, 0) is 70.0 Å². The molecule has 1 aromatic carbocycles. The molecule has 5 rings (SSSR count). The van der Waals surface area contributed by atoms with Crippen LogP contribution in [0.1, 0.15) is 31.4 Å². The van der Waals surface area contributed by atoms with Crippen molar-refractivity contribution >= 4 is 11.6 Å². The molecule has 0 aliphatic carbocycles. The molecule has 0 radical (unpaired) electrons. The molecule has 0 atom stereocenters. The lowest BCUT2D eigenvalue weighted by molar-refractivity contribution is -0.144. The van der Waals surface area contributed by atoms with Gasteiger partial charge in [0.15, 0.2) is 0 Å². The lowest BCUT2D eigenvalue weighted by Crippen LogP contribution is -2.58. The monoisotopic (exact) mass is 475 g/mol. The molecule has 2 N–H and O–H groups in total. The zero-order chi connectivity index (χ0) is 24.4. The summed E-state index contributed by atoms with van der Waals surface area (Å²) < 4.78 is 1.95. The Morgan fingerprint density at radius 2 is 1.91 bits per heavy atom. The van der Waals surface area contributed by atoms with Crippen molar-refractivity contribution < 1.29 is 9.90 Å². The Kier molecular flexibility index (Phi) is 6.42. The number of piperidine rings is 2. The molecular formula is C26H33N7O2. The topological polar surface area (TPSA) is 99.4 Å². The molecule has 2 fully saturated rings. The Labute approximate surface area is 205 Å². The minimum atomic E-state index is -0.704. The molecule has 1 amide bonds. The van der Waals surface area contributed by atoms with Crippen LogP contribution in [-0.2, 0) is 10.3 Å². The van der Waals surface area contributed by atoms with E-state index in [1.807, 2.05) is 47.8 Å². The number of hydrogen-bond acceptors (Lipinski definition) is 7. The number of nitrogens with one attached hydrogen (secondary N) is 1. The van der Waals surface area contributed by atoms with Gasteiger partial charge in [-0.3, -0.25) is 9.48 Å². The van der Waals surface area contributed by atoms with E-state index in [4.69, 9.17) is 0 Å². The third kappa shape index (κ3) is 4.36. The SMILES string of the molecule is Cc1ccnn1C1(C(=O)N(C)C2CCNCC2)CCN(c2cnnc(-c3ccccc3O)c2)CC1. The Balaban J connectivity index is 1.40. The first-order chi connectivity index (χ1) is 17.0. The number of carbonyl (C=O) groups excluding carboxylic acids is 1. The first-order valence-electron chi connectivity index (χ1n) is 12.3. The van der Waals surface area contributed by atoms with Gasteiger partial charge in [-0.1, -0.05) is 12.1 Å². The number of rotatable bonds is 5. The largest absolute Gasteiger partial charge is 0.507 e. The average Bonchev–Trinajstić information content (AvgIpc) is 3.35. The lowest BCUT2D eigenvalue weighted by atomic mass is 9.84. The second-order valence-electron chi connectivity index (χ2n) is 9.62. The number of para-hydroxylation sites is 1. The van der Waals surface area contributed by atoms with Gasteiger partial charge in [0.05, 0.1) is 17.6 Å². The second-order valence-corrected chi connectivity index (χ2v) is 9.62. The molecule has 9 nitrogen and oxygen atoms in total. The van der Waals surface area contributed by atoms with Gasteiger partial charge in [0.25, 0.3) is 5.91 Å². The standard InChI is InChI=1S/C26H33N7O2/c1-19-7-14-29-33(19)26(25(35)31(2)20-8-12-27-13-9-20)10-15-32(16-11-26)21-17-23(30-28-18-21)22-5-3-4-6-24(22)34/h3-7,14,17-18,20,27,34H,8-13,15-16H2,1-2H3. The first-order valence-corrected chi connectivity index (χ1v) is 12.3. The van der Waals surface area contributed by atoms with E-state index >= 15 is 0 Å². The minimum Gasteiger partial charge on any atom is -0.507 e. The van der Waals surface area contributed by atoms with Crippen LogP contribution >= 0.6 is 0 Å². The average molecular weight is 476 g/mol. The van der Waals surface area contributed by atoms with Gasteiger partial charge in [-0.15, -0.1) is 0 Å². The summed E-state index contributed by atoms with van der Waals surface area (Å²) >= 11 is 0. The first kappa shape index (κ1) is 23.3. The van der Waals surface area contributed by atoms with Gasteiger partial charge in [-0.2, -0.15) is 15.3 Å². The van der Waals surface area contributed by atoms with E-state index in [1.165, 1.54) is 0 Å². The molecule has 35 heavy (non-hydrogen) atoms. The molecule has 2 aromatic heterocycles. The summed E-state index contributed by atoms with van der Waals surface area (Å²) in [6.07, 6.45) is 6.78. The fraction of sp³-hybridized carbons (Fsp3) is 0.462. The minimum absolute atomic E-state index is 0.151. The third-order valence-corrected chi connectivity index (χ3v) is 7.59. The van der Waals surface area contributed by atoms with Crippen LogP contribution < -0.4 is 10.2 Å². The maximum atomic E-state index is 14.1. The number of aromatic nitrogens is 4. The summed E-state index contributed by atoms with van der Waals surface area (Å²) in [6.45, 7) is 5.29. The number of aromatic hydroxyl groups is 1. The van der Waals surface area contributed by atoms with Crippen molar-refractivity contribution in [3.05, 3.63) is 54.5 Å². The summed E-state index contributed by atoms with van der Waals surface area (Å²) in [4.78, 5) is 18.3. The molecule has 2 aliphatic rings. The molecule has 0 bridgehead atoms. The van der Waals surface area contributed by atoms with Gasteiger partial charge < -0.3 is 20.2 Å². The molecule has 184 valence electrons. The molecule has 3 aromatic rings. The molecule has 0 saturated carbocycles. The molecule has 9 heteroatoms. The molecular weight excluding hydrogens is 442 g/mol. The number of benzene rings is 1. The molecule has 2 aliphatic heterocycles. The fourth-order valence-electron chi connectivity index (χ4n) is 5.51. The van der Waals surface area contributed by atoms with Crippen molar-refractivity contribution in [1.29, 1.82) is 0 Å². The number of phenols is 1. The smallest absolute Gasteiger partial charge is 0.250 e. The highest BCUT2D eigenvalue weighted by molar-refractivity contribution is 5.85. The Bertz CT molecular complexity index is 1180. The van der Waals surface area contributed by atoms with Crippen molar-refractivity contribution in [3.8, 4) is 17.0 Å². The number of anilines is 1.